The lowest BCUT2D eigenvalue weighted by atomic mass is 9.76. The minimum Gasteiger partial charge on any atom is -0.333 e. The first-order valence-electron chi connectivity index (χ1n) is 7.18. The molecule has 3 rings (SSSR count). The predicted molar refractivity (Wildman–Crippen MR) is 80.6 cm³/mol. The van der Waals surface area contributed by atoms with E-state index < -0.39 is 5.54 Å². The second-order valence-electron chi connectivity index (χ2n) is 6.13. The smallest absolute Gasteiger partial charge is 0.268 e. The minimum absolute atomic E-state index is 0.416. The number of hydrogen-bond acceptors (Lipinski definition) is 5. The van der Waals surface area contributed by atoms with Gasteiger partial charge in [-0.3, -0.25) is 0 Å². The van der Waals surface area contributed by atoms with Crippen molar-refractivity contribution >= 4 is 11.3 Å². The van der Waals surface area contributed by atoms with E-state index in [-0.39, 0.29) is 0 Å². The molecule has 0 radical (unpaired) electrons. The number of rotatable bonds is 2. The number of thiophene rings is 1. The van der Waals surface area contributed by atoms with Gasteiger partial charge in [0, 0.05) is 4.88 Å². The van der Waals surface area contributed by atoms with E-state index in [1.54, 1.807) is 11.3 Å². The highest BCUT2D eigenvalue weighted by molar-refractivity contribution is 7.15. The van der Waals surface area contributed by atoms with Gasteiger partial charge in [-0.05, 0) is 44.2 Å². The maximum atomic E-state index is 6.52. The van der Waals surface area contributed by atoms with Gasteiger partial charge in [0.15, 0.2) is 5.82 Å². The van der Waals surface area contributed by atoms with E-state index in [4.69, 9.17) is 10.3 Å². The maximum Gasteiger partial charge on any atom is 0.268 e. The van der Waals surface area contributed by atoms with Crippen LogP contribution in [0.25, 0.3) is 10.8 Å². The third-order valence-corrected chi connectivity index (χ3v) is 5.42. The Morgan fingerprint density at radius 1 is 1.45 bits per heavy atom. The van der Waals surface area contributed by atoms with Gasteiger partial charge in [0.1, 0.15) is 0 Å². The average molecular weight is 291 g/mol. The van der Waals surface area contributed by atoms with E-state index in [1.165, 1.54) is 16.9 Å². The van der Waals surface area contributed by atoms with Crippen molar-refractivity contribution in [3.05, 3.63) is 22.3 Å². The Balaban J connectivity index is 1.90. The van der Waals surface area contributed by atoms with E-state index in [0.717, 1.165) is 24.1 Å². The van der Waals surface area contributed by atoms with Crippen LogP contribution in [0.1, 0.15) is 48.9 Å². The SMILES string of the molecule is Cc1cc(-c2nc(C3(N)CCCC(C)C3)no2)sc1C. The van der Waals surface area contributed by atoms with Gasteiger partial charge in [-0.1, -0.05) is 24.9 Å². The van der Waals surface area contributed by atoms with Crippen molar-refractivity contribution in [2.45, 2.75) is 52.0 Å². The van der Waals surface area contributed by atoms with Crippen molar-refractivity contribution in [1.29, 1.82) is 0 Å². The van der Waals surface area contributed by atoms with E-state index in [1.807, 2.05) is 0 Å². The van der Waals surface area contributed by atoms with Crippen LogP contribution < -0.4 is 5.73 Å². The molecule has 2 heterocycles. The van der Waals surface area contributed by atoms with Crippen molar-refractivity contribution in [1.82, 2.24) is 10.1 Å². The summed E-state index contributed by atoms with van der Waals surface area (Å²) in [6.07, 6.45) is 4.26. The lowest BCUT2D eigenvalue weighted by Gasteiger charge is -2.33. The third kappa shape index (κ3) is 2.40. The summed E-state index contributed by atoms with van der Waals surface area (Å²) in [7, 11) is 0. The Hall–Kier alpha value is -1.20. The van der Waals surface area contributed by atoms with Gasteiger partial charge >= 0.3 is 0 Å². The fraction of sp³-hybridized carbons (Fsp3) is 0.600. The zero-order valence-corrected chi connectivity index (χ0v) is 13.1. The molecule has 5 heteroatoms. The second kappa shape index (κ2) is 4.97. The fourth-order valence-electron chi connectivity index (χ4n) is 3.00. The second-order valence-corrected chi connectivity index (χ2v) is 7.39. The number of nitrogens with zero attached hydrogens (tertiary/aromatic N) is 2. The molecule has 0 spiro atoms. The zero-order valence-electron chi connectivity index (χ0n) is 12.3. The third-order valence-electron chi connectivity index (χ3n) is 4.28. The van der Waals surface area contributed by atoms with Crippen LogP contribution in [0.4, 0.5) is 0 Å². The molecular weight excluding hydrogens is 270 g/mol. The first-order chi connectivity index (χ1) is 9.48. The van der Waals surface area contributed by atoms with Crippen LogP contribution in [0, 0.1) is 19.8 Å². The Bertz CT molecular complexity index is 599. The van der Waals surface area contributed by atoms with Gasteiger partial charge in [-0.15, -0.1) is 11.3 Å². The highest BCUT2D eigenvalue weighted by atomic mass is 32.1. The normalized spacial score (nSPS) is 26.9. The van der Waals surface area contributed by atoms with Crippen LogP contribution in [-0.4, -0.2) is 10.1 Å². The van der Waals surface area contributed by atoms with Crippen molar-refractivity contribution in [3.63, 3.8) is 0 Å². The number of aryl methyl sites for hydroxylation is 2. The van der Waals surface area contributed by atoms with Gasteiger partial charge in [0.25, 0.3) is 5.89 Å². The maximum absolute atomic E-state index is 6.52. The largest absolute Gasteiger partial charge is 0.333 e. The molecule has 0 aromatic carbocycles. The molecule has 0 bridgehead atoms. The molecule has 1 saturated carbocycles. The Labute approximate surface area is 123 Å². The number of hydrogen-bond donors (Lipinski definition) is 1. The summed E-state index contributed by atoms with van der Waals surface area (Å²) in [5.41, 5.74) is 7.36. The van der Waals surface area contributed by atoms with E-state index >= 15 is 0 Å². The molecule has 4 nitrogen and oxygen atoms in total. The Morgan fingerprint density at radius 2 is 2.25 bits per heavy atom. The minimum atomic E-state index is -0.416. The standard InChI is InChI=1S/C15H21N3OS/c1-9-5-4-6-15(16,8-9)14-17-13(19-18-14)12-7-10(2)11(3)20-12/h7,9H,4-6,8,16H2,1-3H3. The number of nitrogens with two attached hydrogens (primary N) is 1. The van der Waals surface area contributed by atoms with Gasteiger partial charge in [-0.2, -0.15) is 4.98 Å². The molecule has 2 unspecified atom stereocenters. The van der Waals surface area contributed by atoms with E-state index in [0.29, 0.717) is 17.6 Å². The lowest BCUT2D eigenvalue weighted by molar-refractivity contribution is 0.222. The molecule has 0 aliphatic heterocycles. The van der Waals surface area contributed by atoms with E-state index in [9.17, 15) is 0 Å². The van der Waals surface area contributed by atoms with Crippen molar-refractivity contribution in [3.8, 4) is 10.8 Å². The van der Waals surface area contributed by atoms with Crippen LogP contribution in [0.3, 0.4) is 0 Å². The summed E-state index contributed by atoms with van der Waals surface area (Å²) < 4.78 is 5.44. The molecule has 1 fully saturated rings. The van der Waals surface area contributed by atoms with Crippen molar-refractivity contribution in [2.75, 3.05) is 0 Å². The Kier molecular flexibility index (Phi) is 3.42. The summed E-state index contributed by atoms with van der Waals surface area (Å²) in [5.74, 6) is 1.90. The molecule has 20 heavy (non-hydrogen) atoms. The molecule has 2 aromatic heterocycles. The molecule has 2 atom stereocenters. The number of aromatic nitrogens is 2. The van der Waals surface area contributed by atoms with Gasteiger partial charge in [-0.25, -0.2) is 0 Å². The highest BCUT2D eigenvalue weighted by Gasteiger charge is 2.37. The first-order valence-corrected chi connectivity index (χ1v) is 8.00. The summed E-state index contributed by atoms with van der Waals surface area (Å²) in [6.45, 7) is 6.45. The summed E-state index contributed by atoms with van der Waals surface area (Å²) in [4.78, 5) is 6.89. The van der Waals surface area contributed by atoms with Crippen molar-refractivity contribution < 1.29 is 4.52 Å². The molecule has 1 aliphatic rings. The van der Waals surface area contributed by atoms with Crippen LogP contribution in [0.2, 0.25) is 0 Å². The summed E-state index contributed by atoms with van der Waals surface area (Å²) in [5, 5.41) is 4.16. The average Bonchev–Trinajstić information content (AvgIpc) is 2.97. The van der Waals surface area contributed by atoms with Crippen molar-refractivity contribution in [2.24, 2.45) is 11.7 Å². The summed E-state index contributed by atoms with van der Waals surface area (Å²) in [6, 6.07) is 2.10. The molecule has 1 aliphatic carbocycles. The molecule has 2 aromatic rings. The van der Waals surface area contributed by atoms with E-state index in [2.05, 4.69) is 37.0 Å². The lowest BCUT2D eigenvalue weighted by Crippen LogP contribution is -2.42. The molecular formula is C15H21N3OS. The van der Waals surface area contributed by atoms with Crippen LogP contribution in [0.15, 0.2) is 10.6 Å². The van der Waals surface area contributed by atoms with Crippen LogP contribution in [-0.2, 0) is 5.54 Å². The quantitative estimate of drug-likeness (QED) is 0.914. The summed E-state index contributed by atoms with van der Waals surface area (Å²) >= 11 is 1.69. The predicted octanol–water partition coefficient (Wildman–Crippen LogP) is 3.78. The fourth-order valence-corrected chi connectivity index (χ4v) is 3.96. The van der Waals surface area contributed by atoms with Crippen LogP contribution >= 0.6 is 11.3 Å². The molecule has 2 N–H and O–H groups in total. The Morgan fingerprint density at radius 3 is 2.90 bits per heavy atom. The molecule has 108 valence electrons. The first kappa shape index (κ1) is 13.8. The van der Waals surface area contributed by atoms with Gasteiger partial charge in [0.2, 0.25) is 0 Å². The monoisotopic (exact) mass is 291 g/mol. The zero-order chi connectivity index (χ0) is 14.3. The topological polar surface area (TPSA) is 64.9 Å². The highest BCUT2D eigenvalue weighted by Crippen LogP contribution is 2.38. The molecule has 0 saturated heterocycles. The molecule has 0 amide bonds. The van der Waals surface area contributed by atoms with Crippen LogP contribution in [0.5, 0.6) is 0 Å². The van der Waals surface area contributed by atoms with Gasteiger partial charge in [0.05, 0.1) is 10.4 Å². The van der Waals surface area contributed by atoms with Gasteiger partial charge < -0.3 is 10.3 Å².